The van der Waals surface area contributed by atoms with Gasteiger partial charge < -0.3 is 15.1 Å². The van der Waals surface area contributed by atoms with Crippen LogP contribution in [-0.2, 0) is 6.42 Å². The lowest BCUT2D eigenvalue weighted by Gasteiger charge is -2.25. The van der Waals surface area contributed by atoms with Crippen LogP contribution >= 0.6 is 12.2 Å². The van der Waals surface area contributed by atoms with Crippen LogP contribution in [0.2, 0.25) is 0 Å². The van der Waals surface area contributed by atoms with Crippen LogP contribution in [0.1, 0.15) is 51.2 Å². The predicted octanol–water partition coefficient (Wildman–Crippen LogP) is 3.40. The molecule has 0 aromatic carbocycles. The van der Waals surface area contributed by atoms with Gasteiger partial charge in [0.1, 0.15) is 5.76 Å². The SMILES string of the molecule is C[C@H](CCc1ccco1)NC(=S)NC1CCCCC1. The largest absolute Gasteiger partial charge is 0.469 e. The molecule has 0 bridgehead atoms. The Kier molecular flexibility index (Phi) is 5.70. The predicted molar refractivity (Wildman–Crippen MR) is 82.2 cm³/mol. The lowest BCUT2D eigenvalue weighted by molar-refractivity contribution is 0.409. The highest BCUT2D eigenvalue weighted by Gasteiger charge is 2.14. The molecule has 1 atom stereocenters. The van der Waals surface area contributed by atoms with Crippen molar-refractivity contribution in [2.75, 3.05) is 0 Å². The summed E-state index contributed by atoms with van der Waals surface area (Å²) in [7, 11) is 0. The van der Waals surface area contributed by atoms with E-state index in [0.717, 1.165) is 23.7 Å². The van der Waals surface area contributed by atoms with Gasteiger partial charge in [0, 0.05) is 18.5 Å². The molecule has 1 aromatic heterocycles. The third-order valence-corrected chi connectivity index (χ3v) is 3.96. The van der Waals surface area contributed by atoms with Crippen LogP contribution in [0.5, 0.6) is 0 Å². The van der Waals surface area contributed by atoms with Gasteiger partial charge in [0.05, 0.1) is 6.26 Å². The molecule has 1 heterocycles. The molecular formula is C15H24N2OS. The van der Waals surface area contributed by atoms with Crippen LogP contribution in [0.25, 0.3) is 0 Å². The number of nitrogens with one attached hydrogen (secondary N) is 2. The highest BCUT2D eigenvalue weighted by molar-refractivity contribution is 7.80. The fraction of sp³-hybridized carbons (Fsp3) is 0.667. The van der Waals surface area contributed by atoms with Gasteiger partial charge in [-0.2, -0.15) is 0 Å². The van der Waals surface area contributed by atoms with Gasteiger partial charge in [0.15, 0.2) is 5.11 Å². The number of thiocarbonyl (C=S) groups is 1. The second-order valence-corrected chi connectivity index (χ2v) is 5.88. The number of rotatable bonds is 5. The second-order valence-electron chi connectivity index (χ2n) is 5.47. The van der Waals surface area contributed by atoms with E-state index in [2.05, 4.69) is 17.6 Å². The minimum Gasteiger partial charge on any atom is -0.469 e. The van der Waals surface area contributed by atoms with Crippen molar-refractivity contribution in [1.82, 2.24) is 10.6 Å². The molecule has 2 rings (SSSR count). The summed E-state index contributed by atoms with van der Waals surface area (Å²) in [5.74, 6) is 1.04. The van der Waals surface area contributed by atoms with Gasteiger partial charge in [-0.25, -0.2) is 0 Å². The summed E-state index contributed by atoms with van der Waals surface area (Å²) < 4.78 is 5.33. The Morgan fingerprint density at radius 2 is 2.21 bits per heavy atom. The molecule has 3 nitrogen and oxygen atoms in total. The van der Waals surface area contributed by atoms with Crippen molar-refractivity contribution in [3.05, 3.63) is 24.2 Å². The Bertz CT molecular complexity index is 372. The van der Waals surface area contributed by atoms with Crippen molar-refractivity contribution in [2.24, 2.45) is 0 Å². The molecule has 1 saturated carbocycles. The van der Waals surface area contributed by atoms with E-state index in [1.165, 1.54) is 32.1 Å². The lowest BCUT2D eigenvalue weighted by atomic mass is 9.96. The second kappa shape index (κ2) is 7.53. The summed E-state index contributed by atoms with van der Waals surface area (Å²) >= 11 is 5.38. The number of hydrogen-bond acceptors (Lipinski definition) is 2. The number of hydrogen-bond donors (Lipinski definition) is 2. The van der Waals surface area contributed by atoms with E-state index in [4.69, 9.17) is 16.6 Å². The molecule has 0 amide bonds. The third-order valence-electron chi connectivity index (χ3n) is 3.72. The summed E-state index contributed by atoms with van der Waals surface area (Å²) in [5, 5.41) is 7.61. The summed E-state index contributed by atoms with van der Waals surface area (Å²) in [6, 6.07) is 4.90. The van der Waals surface area contributed by atoms with Gasteiger partial charge in [0.2, 0.25) is 0 Å². The van der Waals surface area contributed by atoms with Gasteiger partial charge >= 0.3 is 0 Å². The molecule has 1 aliphatic carbocycles. The Hall–Kier alpha value is -1.03. The topological polar surface area (TPSA) is 37.2 Å². The molecule has 0 radical (unpaired) electrons. The summed E-state index contributed by atoms with van der Waals surface area (Å²) in [4.78, 5) is 0. The van der Waals surface area contributed by atoms with E-state index in [-0.39, 0.29) is 0 Å². The average Bonchev–Trinajstić information content (AvgIpc) is 2.90. The van der Waals surface area contributed by atoms with Crippen LogP contribution in [-0.4, -0.2) is 17.2 Å². The maximum absolute atomic E-state index is 5.38. The number of furan rings is 1. The first kappa shape index (κ1) is 14.4. The zero-order valence-electron chi connectivity index (χ0n) is 11.7. The van der Waals surface area contributed by atoms with Gasteiger partial charge in [-0.1, -0.05) is 19.3 Å². The zero-order chi connectivity index (χ0) is 13.5. The quantitative estimate of drug-likeness (QED) is 0.811. The summed E-state index contributed by atoms with van der Waals surface area (Å²) in [6.07, 6.45) is 10.2. The van der Waals surface area contributed by atoms with Crippen molar-refractivity contribution in [3.63, 3.8) is 0 Å². The molecule has 19 heavy (non-hydrogen) atoms. The van der Waals surface area contributed by atoms with Crippen molar-refractivity contribution >= 4 is 17.3 Å². The Morgan fingerprint density at radius 3 is 2.89 bits per heavy atom. The molecule has 4 heteroatoms. The Labute approximate surface area is 121 Å². The standard InChI is InChI=1S/C15H24N2OS/c1-12(9-10-14-8-5-11-18-14)16-15(19)17-13-6-3-2-4-7-13/h5,8,11-13H,2-4,6-7,9-10H2,1H3,(H2,16,17,19)/t12-/m1/s1. The van der Waals surface area contributed by atoms with E-state index in [1.807, 2.05) is 12.1 Å². The van der Waals surface area contributed by atoms with E-state index >= 15 is 0 Å². The van der Waals surface area contributed by atoms with Gasteiger partial charge in [-0.15, -0.1) is 0 Å². The van der Waals surface area contributed by atoms with E-state index < -0.39 is 0 Å². The fourth-order valence-electron chi connectivity index (χ4n) is 2.58. The minimum atomic E-state index is 0.369. The maximum Gasteiger partial charge on any atom is 0.166 e. The molecule has 0 saturated heterocycles. The highest BCUT2D eigenvalue weighted by atomic mass is 32.1. The van der Waals surface area contributed by atoms with Crippen molar-refractivity contribution < 1.29 is 4.42 Å². The normalized spacial score (nSPS) is 17.9. The fourth-order valence-corrected chi connectivity index (χ4v) is 2.95. The van der Waals surface area contributed by atoms with Crippen LogP contribution in [0.4, 0.5) is 0 Å². The van der Waals surface area contributed by atoms with E-state index in [0.29, 0.717) is 12.1 Å². The van der Waals surface area contributed by atoms with Crippen molar-refractivity contribution in [2.45, 2.75) is 64.0 Å². The molecule has 0 aliphatic heterocycles. The van der Waals surface area contributed by atoms with Gasteiger partial charge in [-0.05, 0) is 50.5 Å². The molecule has 1 aromatic rings. The zero-order valence-corrected chi connectivity index (χ0v) is 12.5. The molecule has 0 spiro atoms. The van der Waals surface area contributed by atoms with Crippen LogP contribution in [0.3, 0.4) is 0 Å². The first-order valence-electron chi connectivity index (χ1n) is 7.33. The van der Waals surface area contributed by atoms with Gasteiger partial charge in [-0.3, -0.25) is 0 Å². The maximum atomic E-state index is 5.38. The monoisotopic (exact) mass is 280 g/mol. The van der Waals surface area contributed by atoms with E-state index in [9.17, 15) is 0 Å². The van der Waals surface area contributed by atoms with Crippen molar-refractivity contribution in [3.8, 4) is 0 Å². The van der Waals surface area contributed by atoms with Crippen molar-refractivity contribution in [1.29, 1.82) is 0 Å². The smallest absolute Gasteiger partial charge is 0.166 e. The van der Waals surface area contributed by atoms with Crippen LogP contribution < -0.4 is 10.6 Å². The molecule has 1 aliphatic rings. The number of aryl methyl sites for hydroxylation is 1. The Morgan fingerprint density at radius 1 is 1.42 bits per heavy atom. The average molecular weight is 280 g/mol. The molecular weight excluding hydrogens is 256 g/mol. The third kappa shape index (κ3) is 5.23. The first-order chi connectivity index (χ1) is 9.24. The van der Waals surface area contributed by atoms with Gasteiger partial charge in [0.25, 0.3) is 0 Å². The summed E-state index contributed by atoms with van der Waals surface area (Å²) in [5.41, 5.74) is 0. The molecule has 1 fully saturated rings. The molecule has 0 unspecified atom stereocenters. The first-order valence-corrected chi connectivity index (χ1v) is 7.74. The molecule has 106 valence electrons. The Balaban J connectivity index is 1.63. The molecule has 2 N–H and O–H groups in total. The lowest BCUT2D eigenvalue weighted by Crippen LogP contribution is -2.45. The highest BCUT2D eigenvalue weighted by Crippen LogP contribution is 2.17. The van der Waals surface area contributed by atoms with Crippen LogP contribution in [0, 0.1) is 0 Å². The van der Waals surface area contributed by atoms with Crippen LogP contribution in [0.15, 0.2) is 22.8 Å². The van der Waals surface area contributed by atoms with E-state index in [1.54, 1.807) is 6.26 Å². The summed E-state index contributed by atoms with van der Waals surface area (Å²) in [6.45, 7) is 2.16. The minimum absolute atomic E-state index is 0.369.